The normalized spacial score (nSPS) is 12.0. The molecule has 0 unspecified atom stereocenters. The standard InChI is InChI=1S/C19H17F3N2O3/c1-3-26-17-10-13(11-23)4-9-16(17)27-12(2)18(25)24-15-7-5-14(6-8-15)19(20,21)22/h4-10,12H,3H2,1-2H3,(H,24,25)/t12-/m1/s1. The topological polar surface area (TPSA) is 71.3 Å². The summed E-state index contributed by atoms with van der Waals surface area (Å²) in [4.78, 5) is 12.2. The third kappa shape index (κ3) is 5.38. The van der Waals surface area contributed by atoms with Gasteiger partial charge >= 0.3 is 6.18 Å². The van der Waals surface area contributed by atoms with Gasteiger partial charge in [0, 0.05) is 11.8 Å². The van der Waals surface area contributed by atoms with Crippen LogP contribution in [0, 0.1) is 11.3 Å². The van der Waals surface area contributed by atoms with E-state index in [0.29, 0.717) is 17.9 Å². The summed E-state index contributed by atoms with van der Waals surface area (Å²) < 4.78 is 48.7. The van der Waals surface area contributed by atoms with Crippen molar-refractivity contribution in [1.82, 2.24) is 0 Å². The summed E-state index contributed by atoms with van der Waals surface area (Å²) in [5, 5.41) is 11.4. The maximum atomic E-state index is 12.6. The van der Waals surface area contributed by atoms with E-state index in [2.05, 4.69) is 5.32 Å². The summed E-state index contributed by atoms with van der Waals surface area (Å²) in [5.74, 6) is 0.0678. The first kappa shape index (κ1) is 20.1. The summed E-state index contributed by atoms with van der Waals surface area (Å²) in [6, 6.07) is 10.6. The summed E-state index contributed by atoms with van der Waals surface area (Å²) in [6.45, 7) is 3.61. The Morgan fingerprint density at radius 2 is 1.85 bits per heavy atom. The highest BCUT2D eigenvalue weighted by molar-refractivity contribution is 5.94. The zero-order chi connectivity index (χ0) is 20.0. The predicted octanol–water partition coefficient (Wildman–Crippen LogP) is 4.38. The lowest BCUT2D eigenvalue weighted by Gasteiger charge is -2.17. The van der Waals surface area contributed by atoms with Crippen molar-refractivity contribution in [2.75, 3.05) is 11.9 Å². The second-order valence-corrected chi connectivity index (χ2v) is 5.53. The number of nitrogens with one attached hydrogen (secondary N) is 1. The van der Waals surface area contributed by atoms with E-state index in [9.17, 15) is 18.0 Å². The van der Waals surface area contributed by atoms with E-state index in [1.165, 1.54) is 37.3 Å². The van der Waals surface area contributed by atoms with E-state index in [-0.39, 0.29) is 11.4 Å². The van der Waals surface area contributed by atoms with Gasteiger partial charge in [0.05, 0.1) is 23.8 Å². The summed E-state index contributed by atoms with van der Waals surface area (Å²) in [6.07, 6.45) is -5.39. The highest BCUT2D eigenvalue weighted by Crippen LogP contribution is 2.31. The molecule has 0 radical (unpaired) electrons. The quantitative estimate of drug-likeness (QED) is 0.810. The number of anilines is 1. The van der Waals surface area contributed by atoms with Crippen molar-refractivity contribution < 1.29 is 27.4 Å². The van der Waals surface area contributed by atoms with Gasteiger partial charge in [-0.25, -0.2) is 0 Å². The van der Waals surface area contributed by atoms with E-state index in [0.717, 1.165) is 12.1 Å². The van der Waals surface area contributed by atoms with Crippen molar-refractivity contribution in [2.24, 2.45) is 0 Å². The monoisotopic (exact) mass is 378 g/mol. The first-order valence-corrected chi connectivity index (χ1v) is 8.06. The Morgan fingerprint density at radius 3 is 2.41 bits per heavy atom. The number of halogens is 3. The molecule has 142 valence electrons. The van der Waals surface area contributed by atoms with Gasteiger partial charge in [-0.2, -0.15) is 18.4 Å². The van der Waals surface area contributed by atoms with Crippen LogP contribution in [0.1, 0.15) is 25.0 Å². The molecule has 5 nitrogen and oxygen atoms in total. The van der Waals surface area contributed by atoms with Crippen LogP contribution in [0.2, 0.25) is 0 Å². The van der Waals surface area contributed by atoms with Gasteiger partial charge in [-0.05, 0) is 50.2 Å². The highest BCUT2D eigenvalue weighted by atomic mass is 19.4. The van der Waals surface area contributed by atoms with E-state index >= 15 is 0 Å². The maximum absolute atomic E-state index is 12.6. The average molecular weight is 378 g/mol. The molecule has 2 rings (SSSR count). The van der Waals surface area contributed by atoms with Crippen molar-refractivity contribution in [1.29, 1.82) is 5.26 Å². The van der Waals surface area contributed by atoms with Crippen molar-refractivity contribution in [3.63, 3.8) is 0 Å². The van der Waals surface area contributed by atoms with Gasteiger partial charge in [-0.15, -0.1) is 0 Å². The molecular weight excluding hydrogens is 361 g/mol. The molecule has 2 aromatic carbocycles. The van der Waals surface area contributed by atoms with Crippen LogP contribution in [0.3, 0.4) is 0 Å². The number of nitrogens with zero attached hydrogens (tertiary/aromatic N) is 1. The van der Waals surface area contributed by atoms with E-state index in [1.54, 1.807) is 6.92 Å². The minimum Gasteiger partial charge on any atom is -0.490 e. The maximum Gasteiger partial charge on any atom is 0.416 e. The Kier molecular flexibility index (Phi) is 6.29. The summed E-state index contributed by atoms with van der Waals surface area (Å²) in [7, 11) is 0. The zero-order valence-electron chi connectivity index (χ0n) is 14.6. The number of hydrogen-bond donors (Lipinski definition) is 1. The SMILES string of the molecule is CCOc1cc(C#N)ccc1O[C@H](C)C(=O)Nc1ccc(C(F)(F)F)cc1. The first-order chi connectivity index (χ1) is 12.7. The van der Waals surface area contributed by atoms with Crippen LogP contribution < -0.4 is 14.8 Å². The van der Waals surface area contributed by atoms with Crippen LogP contribution in [-0.4, -0.2) is 18.6 Å². The lowest BCUT2D eigenvalue weighted by atomic mass is 10.2. The number of alkyl halides is 3. The molecule has 0 saturated carbocycles. The van der Waals surface area contributed by atoms with Gasteiger partial charge in [0.1, 0.15) is 0 Å². The Bertz CT molecular complexity index is 843. The van der Waals surface area contributed by atoms with E-state index < -0.39 is 23.8 Å². The highest BCUT2D eigenvalue weighted by Gasteiger charge is 2.30. The fourth-order valence-corrected chi connectivity index (χ4v) is 2.17. The number of rotatable bonds is 6. The Labute approximate surface area is 154 Å². The largest absolute Gasteiger partial charge is 0.490 e. The molecule has 0 heterocycles. The van der Waals surface area contributed by atoms with Crippen LogP contribution >= 0.6 is 0 Å². The van der Waals surface area contributed by atoms with Gasteiger partial charge in [0.2, 0.25) is 0 Å². The molecule has 1 amide bonds. The summed E-state index contributed by atoms with van der Waals surface area (Å²) in [5.41, 5.74) is -0.204. The fraction of sp³-hybridized carbons (Fsp3) is 0.263. The molecule has 0 aliphatic rings. The van der Waals surface area contributed by atoms with Crippen molar-refractivity contribution in [3.8, 4) is 17.6 Å². The number of amides is 1. The van der Waals surface area contributed by atoms with Gasteiger partial charge in [-0.1, -0.05) is 0 Å². The molecule has 0 spiro atoms. The molecule has 1 atom stereocenters. The fourth-order valence-electron chi connectivity index (χ4n) is 2.17. The number of carbonyl (C=O) groups is 1. The number of carbonyl (C=O) groups excluding carboxylic acids is 1. The molecule has 0 saturated heterocycles. The average Bonchev–Trinajstić information content (AvgIpc) is 2.63. The summed E-state index contributed by atoms with van der Waals surface area (Å²) >= 11 is 0. The molecular formula is C19H17F3N2O3. The second-order valence-electron chi connectivity index (χ2n) is 5.53. The molecule has 0 bridgehead atoms. The van der Waals surface area contributed by atoms with E-state index in [1.807, 2.05) is 6.07 Å². The van der Waals surface area contributed by atoms with Gasteiger partial charge in [0.15, 0.2) is 17.6 Å². The Morgan fingerprint density at radius 1 is 1.19 bits per heavy atom. The van der Waals surface area contributed by atoms with Gasteiger partial charge in [0.25, 0.3) is 5.91 Å². The smallest absolute Gasteiger partial charge is 0.416 e. The Balaban J connectivity index is 2.07. The molecule has 0 aliphatic carbocycles. The van der Waals surface area contributed by atoms with Crippen LogP contribution in [0.5, 0.6) is 11.5 Å². The van der Waals surface area contributed by atoms with Crippen LogP contribution in [0.4, 0.5) is 18.9 Å². The number of nitriles is 1. The molecule has 0 fully saturated rings. The lowest BCUT2D eigenvalue weighted by Crippen LogP contribution is -2.30. The molecule has 0 aliphatic heterocycles. The van der Waals surface area contributed by atoms with Crippen molar-refractivity contribution >= 4 is 11.6 Å². The molecule has 1 N–H and O–H groups in total. The zero-order valence-corrected chi connectivity index (χ0v) is 14.6. The predicted molar refractivity (Wildman–Crippen MR) is 92.5 cm³/mol. The third-order valence-electron chi connectivity index (χ3n) is 3.53. The van der Waals surface area contributed by atoms with Crippen molar-refractivity contribution in [3.05, 3.63) is 53.6 Å². The minimum absolute atomic E-state index is 0.216. The first-order valence-electron chi connectivity index (χ1n) is 8.06. The van der Waals surface area contributed by atoms with E-state index in [4.69, 9.17) is 14.7 Å². The van der Waals surface area contributed by atoms with Crippen LogP contribution in [0.25, 0.3) is 0 Å². The third-order valence-corrected chi connectivity index (χ3v) is 3.53. The molecule has 27 heavy (non-hydrogen) atoms. The van der Waals surface area contributed by atoms with Crippen LogP contribution in [0.15, 0.2) is 42.5 Å². The molecule has 2 aromatic rings. The van der Waals surface area contributed by atoms with Gasteiger partial charge < -0.3 is 14.8 Å². The van der Waals surface area contributed by atoms with Crippen LogP contribution in [-0.2, 0) is 11.0 Å². The lowest BCUT2D eigenvalue weighted by molar-refractivity contribution is -0.137. The van der Waals surface area contributed by atoms with Gasteiger partial charge in [-0.3, -0.25) is 4.79 Å². The minimum atomic E-state index is -4.44. The number of ether oxygens (including phenoxy) is 2. The number of benzene rings is 2. The molecule has 0 aromatic heterocycles. The molecule has 8 heteroatoms. The number of hydrogen-bond acceptors (Lipinski definition) is 4. The van der Waals surface area contributed by atoms with Crippen molar-refractivity contribution in [2.45, 2.75) is 26.1 Å². The second kappa shape index (κ2) is 8.45. The Hall–Kier alpha value is -3.21.